The first kappa shape index (κ1) is 16.5. The third-order valence-electron chi connectivity index (χ3n) is 3.22. The molecule has 1 fully saturated rings. The number of rotatable bonds is 8. The Hall–Kier alpha value is -1.51. The summed E-state index contributed by atoms with van der Waals surface area (Å²) in [6.07, 6.45) is 4.98. The van der Waals surface area contributed by atoms with Crippen molar-refractivity contribution in [1.82, 2.24) is 0 Å². The molecule has 0 aromatic heterocycles. The first-order valence-electron chi connectivity index (χ1n) is 6.73. The highest BCUT2D eigenvalue weighted by atomic mass is 19.4. The van der Waals surface area contributed by atoms with E-state index in [1.807, 2.05) is 0 Å². The van der Waals surface area contributed by atoms with Gasteiger partial charge in [0.05, 0.1) is 0 Å². The minimum absolute atomic E-state index is 0.187. The van der Waals surface area contributed by atoms with Gasteiger partial charge in [0.15, 0.2) is 0 Å². The zero-order chi connectivity index (χ0) is 15.2. The van der Waals surface area contributed by atoms with Gasteiger partial charge in [0.25, 0.3) is 0 Å². The summed E-state index contributed by atoms with van der Waals surface area (Å²) in [7, 11) is 0. The second-order valence-corrected chi connectivity index (χ2v) is 5.20. The molecule has 3 heteroatoms. The molecule has 1 aliphatic carbocycles. The molecular formula is C17H21F3. The van der Waals surface area contributed by atoms with E-state index in [2.05, 4.69) is 19.7 Å². The Labute approximate surface area is 119 Å². The normalized spacial score (nSPS) is 16.9. The van der Waals surface area contributed by atoms with Crippen LogP contribution in [0.15, 0.2) is 60.8 Å². The minimum Gasteiger partial charge on any atom is -0.166 e. The van der Waals surface area contributed by atoms with E-state index in [9.17, 15) is 13.2 Å². The van der Waals surface area contributed by atoms with E-state index in [1.54, 1.807) is 6.08 Å². The van der Waals surface area contributed by atoms with Gasteiger partial charge in [-0.1, -0.05) is 43.0 Å². The molecule has 0 N–H and O–H groups in total. The van der Waals surface area contributed by atoms with Crippen LogP contribution in [0, 0.1) is 5.92 Å². The maximum atomic E-state index is 12.7. The average Bonchev–Trinajstić information content (AvgIpc) is 3.14. The molecule has 0 atom stereocenters. The van der Waals surface area contributed by atoms with E-state index in [0.29, 0.717) is 6.42 Å². The monoisotopic (exact) mass is 282 g/mol. The molecule has 0 spiro atoms. The van der Waals surface area contributed by atoms with Crippen molar-refractivity contribution < 1.29 is 13.2 Å². The number of halogens is 3. The van der Waals surface area contributed by atoms with Gasteiger partial charge in [-0.3, -0.25) is 0 Å². The van der Waals surface area contributed by atoms with Crippen molar-refractivity contribution in [1.29, 1.82) is 0 Å². The van der Waals surface area contributed by atoms with Gasteiger partial charge in [-0.05, 0) is 43.6 Å². The van der Waals surface area contributed by atoms with Crippen molar-refractivity contribution in [3.63, 3.8) is 0 Å². The van der Waals surface area contributed by atoms with Gasteiger partial charge < -0.3 is 0 Å². The predicted octanol–water partition coefficient (Wildman–Crippen LogP) is 5.91. The highest BCUT2D eigenvalue weighted by Gasteiger charge is 2.31. The number of hydrogen-bond acceptors (Lipinski definition) is 0. The fourth-order valence-corrected chi connectivity index (χ4v) is 1.93. The average molecular weight is 282 g/mol. The fourth-order valence-electron chi connectivity index (χ4n) is 1.93. The first-order chi connectivity index (χ1) is 9.36. The third kappa shape index (κ3) is 6.09. The van der Waals surface area contributed by atoms with Gasteiger partial charge in [-0.25, -0.2) is 0 Å². The van der Waals surface area contributed by atoms with Crippen LogP contribution in [-0.2, 0) is 0 Å². The maximum absolute atomic E-state index is 12.7. The van der Waals surface area contributed by atoms with Crippen LogP contribution in [0.1, 0.15) is 32.1 Å². The zero-order valence-corrected chi connectivity index (χ0v) is 11.7. The Bertz CT molecular complexity index is 432. The Morgan fingerprint density at radius 2 is 1.80 bits per heavy atom. The Kier molecular flexibility index (Phi) is 6.05. The molecule has 0 saturated heterocycles. The molecule has 20 heavy (non-hydrogen) atoms. The summed E-state index contributed by atoms with van der Waals surface area (Å²) in [5, 5.41) is 0. The van der Waals surface area contributed by atoms with Crippen LogP contribution in [0.5, 0.6) is 0 Å². The fraction of sp³-hybridized carbons (Fsp3) is 0.412. The van der Waals surface area contributed by atoms with Crippen LogP contribution in [0.4, 0.5) is 13.2 Å². The van der Waals surface area contributed by atoms with Crippen LogP contribution in [0.2, 0.25) is 0 Å². The van der Waals surface area contributed by atoms with Crippen LogP contribution < -0.4 is 0 Å². The molecule has 0 nitrogen and oxygen atoms in total. The lowest BCUT2D eigenvalue weighted by atomic mass is 10.0. The molecule has 1 saturated carbocycles. The third-order valence-corrected chi connectivity index (χ3v) is 3.22. The lowest BCUT2D eigenvalue weighted by Gasteiger charge is -2.09. The molecular weight excluding hydrogens is 261 g/mol. The molecule has 0 aliphatic heterocycles. The molecule has 0 radical (unpaired) electrons. The Morgan fingerprint density at radius 1 is 1.15 bits per heavy atom. The number of allylic oxidation sites excluding steroid dienone is 7. The summed E-state index contributed by atoms with van der Waals surface area (Å²) in [6.45, 7) is 11.0. The summed E-state index contributed by atoms with van der Waals surface area (Å²) in [5.41, 5.74) is 1.23. The SMILES string of the molecule is C=CC/C(=C\C=C(/C=C)CC(=C)CC1CC1)C(F)(F)F. The lowest BCUT2D eigenvalue weighted by molar-refractivity contribution is -0.0928. The highest BCUT2D eigenvalue weighted by Crippen LogP contribution is 2.36. The second-order valence-electron chi connectivity index (χ2n) is 5.20. The van der Waals surface area contributed by atoms with E-state index in [1.165, 1.54) is 25.0 Å². The van der Waals surface area contributed by atoms with Crippen LogP contribution >= 0.6 is 0 Å². The van der Waals surface area contributed by atoms with Gasteiger partial charge in [-0.15, -0.1) is 6.58 Å². The van der Waals surface area contributed by atoms with Gasteiger partial charge in [0.1, 0.15) is 0 Å². The zero-order valence-electron chi connectivity index (χ0n) is 11.7. The van der Waals surface area contributed by atoms with Crippen LogP contribution in [0.25, 0.3) is 0 Å². The van der Waals surface area contributed by atoms with E-state index < -0.39 is 11.7 Å². The van der Waals surface area contributed by atoms with E-state index in [-0.39, 0.29) is 6.42 Å². The number of alkyl halides is 3. The van der Waals surface area contributed by atoms with Gasteiger partial charge in [0, 0.05) is 5.57 Å². The van der Waals surface area contributed by atoms with Crippen molar-refractivity contribution in [2.45, 2.75) is 38.3 Å². The van der Waals surface area contributed by atoms with E-state index in [0.717, 1.165) is 29.6 Å². The molecule has 0 heterocycles. The summed E-state index contributed by atoms with van der Waals surface area (Å²) >= 11 is 0. The molecule has 0 aromatic rings. The Morgan fingerprint density at radius 3 is 2.25 bits per heavy atom. The van der Waals surface area contributed by atoms with Crippen molar-refractivity contribution in [2.75, 3.05) is 0 Å². The molecule has 1 rings (SSSR count). The Balaban J connectivity index is 2.72. The summed E-state index contributed by atoms with van der Waals surface area (Å²) in [5.74, 6) is 0.732. The smallest absolute Gasteiger partial charge is 0.166 e. The van der Waals surface area contributed by atoms with Crippen molar-refractivity contribution in [2.24, 2.45) is 5.92 Å². The maximum Gasteiger partial charge on any atom is 0.412 e. The van der Waals surface area contributed by atoms with Crippen LogP contribution in [0.3, 0.4) is 0 Å². The quantitative estimate of drug-likeness (QED) is 0.383. The molecule has 1 aliphatic rings. The van der Waals surface area contributed by atoms with Crippen molar-refractivity contribution in [3.05, 3.63) is 60.8 Å². The van der Waals surface area contributed by atoms with Crippen LogP contribution in [-0.4, -0.2) is 6.18 Å². The summed E-state index contributed by atoms with van der Waals surface area (Å²) in [4.78, 5) is 0. The van der Waals surface area contributed by atoms with Crippen molar-refractivity contribution >= 4 is 0 Å². The lowest BCUT2D eigenvalue weighted by Crippen LogP contribution is -2.10. The van der Waals surface area contributed by atoms with E-state index >= 15 is 0 Å². The van der Waals surface area contributed by atoms with Crippen molar-refractivity contribution in [3.8, 4) is 0 Å². The highest BCUT2D eigenvalue weighted by molar-refractivity contribution is 5.30. The topological polar surface area (TPSA) is 0 Å². The van der Waals surface area contributed by atoms with Gasteiger partial charge >= 0.3 is 6.18 Å². The van der Waals surface area contributed by atoms with Gasteiger partial charge in [-0.2, -0.15) is 13.2 Å². The number of hydrogen-bond donors (Lipinski definition) is 0. The summed E-state index contributed by atoms with van der Waals surface area (Å²) < 4.78 is 38.1. The second kappa shape index (κ2) is 7.32. The summed E-state index contributed by atoms with van der Waals surface area (Å²) in [6, 6.07) is 0. The molecule has 0 unspecified atom stereocenters. The van der Waals surface area contributed by atoms with Gasteiger partial charge in [0.2, 0.25) is 0 Å². The minimum atomic E-state index is -4.32. The largest absolute Gasteiger partial charge is 0.412 e. The predicted molar refractivity (Wildman–Crippen MR) is 78.3 cm³/mol. The first-order valence-corrected chi connectivity index (χ1v) is 6.73. The molecule has 0 amide bonds. The van der Waals surface area contributed by atoms with E-state index in [4.69, 9.17) is 0 Å². The molecule has 0 bridgehead atoms. The molecule has 110 valence electrons. The molecule has 0 aromatic carbocycles. The standard InChI is InChI=1S/C17H21F3/c1-4-6-16(17(18,19)20)10-9-14(5-2)11-13(3)12-15-7-8-15/h4-5,9-10,15H,1-3,6-8,11-12H2/b14-9+,16-10+.